The minimum Gasteiger partial charge on any atom is -0.482 e. The van der Waals surface area contributed by atoms with Crippen molar-refractivity contribution in [3.05, 3.63) is 58.9 Å². The van der Waals surface area contributed by atoms with Crippen LogP contribution in [0.25, 0.3) is 6.08 Å². The molecule has 0 radical (unpaired) electrons. The van der Waals surface area contributed by atoms with Gasteiger partial charge in [-0.25, -0.2) is 4.79 Å². The van der Waals surface area contributed by atoms with Crippen LogP contribution in [0, 0.1) is 0 Å². The van der Waals surface area contributed by atoms with Crippen LogP contribution in [-0.2, 0) is 16.1 Å². The molecule has 1 fully saturated rings. The number of rotatable bonds is 6. The van der Waals surface area contributed by atoms with Gasteiger partial charge in [0.15, 0.2) is 6.61 Å². The van der Waals surface area contributed by atoms with E-state index in [0.717, 1.165) is 5.56 Å². The largest absolute Gasteiger partial charge is 0.482 e. The molecule has 1 amide bonds. The number of furan rings is 1. The van der Waals surface area contributed by atoms with E-state index in [9.17, 15) is 9.59 Å². The molecule has 0 atom stereocenters. The van der Waals surface area contributed by atoms with E-state index >= 15 is 0 Å². The van der Waals surface area contributed by atoms with Crippen LogP contribution in [-0.4, -0.2) is 32.8 Å². The Morgan fingerprint density at radius 3 is 2.92 bits per heavy atom. The molecule has 6 nitrogen and oxygen atoms in total. The van der Waals surface area contributed by atoms with E-state index in [2.05, 4.69) is 0 Å². The summed E-state index contributed by atoms with van der Waals surface area (Å²) in [5.74, 6) is -0.170. The van der Waals surface area contributed by atoms with Crippen LogP contribution in [0.15, 0.2) is 52.0 Å². The summed E-state index contributed by atoms with van der Waals surface area (Å²) in [6.07, 6.45) is 3.25. The van der Waals surface area contributed by atoms with Crippen LogP contribution < -0.4 is 4.74 Å². The maximum Gasteiger partial charge on any atom is 0.341 e. The zero-order chi connectivity index (χ0) is 17.8. The Hall–Kier alpha value is -2.58. The number of thiocarbonyl (C=S) groups is 1. The molecule has 25 heavy (non-hydrogen) atoms. The topological polar surface area (TPSA) is 80.0 Å². The molecule has 1 aliphatic heterocycles. The van der Waals surface area contributed by atoms with Gasteiger partial charge < -0.3 is 14.3 Å². The van der Waals surface area contributed by atoms with Crippen molar-refractivity contribution < 1.29 is 23.8 Å². The number of ether oxygens (including phenoxy) is 1. The first-order valence-electron chi connectivity index (χ1n) is 7.25. The van der Waals surface area contributed by atoms with E-state index in [1.165, 1.54) is 16.7 Å². The fourth-order valence-corrected chi connectivity index (χ4v) is 3.44. The Morgan fingerprint density at radius 1 is 1.36 bits per heavy atom. The summed E-state index contributed by atoms with van der Waals surface area (Å²) in [6, 6.07) is 10.4. The molecule has 0 spiro atoms. The van der Waals surface area contributed by atoms with Gasteiger partial charge in [-0.2, -0.15) is 0 Å². The van der Waals surface area contributed by atoms with Crippen molar-refractivity contribution in [3.63, 3.8) is 0 Å². The maximum atomic E-state index is 12.5. The first kappa shape index (κ1) is 17.2. The van der Waals surface area contributed by atoms with Crippen molar-refractivity contribution in [2.24, 2.45) is 0 Å². The molecule has 1 saturated heterocycles. The molecule has 2 heterocycles. The molecule has 0 saturated carbocycles. The van der Waals surface area contributed by atoms with E-state index in [-0.39, 0.29) is 12.5 Å². The smallest absolute Gasteiger partial charge is 0.341 e. The summed E-state index contributed by atoms with van der Waals surface area (Å²) >= 11 is 6.49. The van der Waals surface area contributed by atoms with Gasteiger partial charge in [0.2, 0.25) is 0 Å². The number of aliphatic carboxylic acids is 1. The average Bonchev–Trinajstić information content (AvgIpc) is 3.18. The highest BCUT2D eigenvalue weighted by atomic mass is 32.2. The highest BCUT2D eigenvalue weighted by Gasteiger charge is 2.32. The number of amides is 1. The summed E-state index contributed by atoms with van der Waals surface area (Å²) < 4.78 is 10.9. The molecule has 0 unspecified atom stereocenters. The van der Waals surface area contributed by atoms with Crippen LogP contribution in [0.2, 0.25) is 0 Å². The molecule has 1 aromatic carbocycles. The van der Waals surface area contributed by atoms with E-state index < -0.39 is 12.6 Å². The number of hydrogen-bond acceptors (Lipinski definition) is 6. The highest BCUT2D eigenvalue weighted by Crippen LogP contribution is 2.34. The Kier molecular flexibility index (Phi) is 5.20. The summed E-state index contributed by atoms with van der Waals surface area (Å²) in [5.41, 5.74) is 0.724. The molecule has 2 aromatic rings. The fraction of sp³-hybridized carbons (Fsp3) is 0.118. The van der Waals surface area contributed by atoms with Gasteiger partial charge in [0.05, 0.1) is 17.7 Å². The van der Waals surface area contributed by atoms with Crippen molar-refractivity contribution >= 4 is 46.3 Å². The molecule has 1 aromatic heterocycles. The monoisotopic (exact) mass is 375 g/mol. The normalized spacial score (nSPS) is 15.8. The Bertz CT molecular complexity index is 844. The Balaban J connectivity index is 1.75. The van der Waals surface area contributed by atoms with Gasteiger partial charge in [-0.3, -0.25) is 9.69 Å². The molecule has 1 aliphatic rings. The van der Waals surface area contributed by atoms with E-state index in [0.29, 0.717) is 20.7 Å². The SMILES string of the molecule is O=C(O)COc1cccc(/C=C2\SC(=S)N(Cc3ccco3)C2=O)c1. The minimum absolute atomic E-state index is 0.191. The lowest BCUT2D eigenvalue weighted by Crippen LogP contribution is -2.27. The standard InChI is InChI=1S/C17H13NO5S2/c19-15(20)10-23-12-4-1-3-11(7-12)8-14-16(21)18(17(24)25-14)9-13-5-2-6-22-13/h1-8H,9-10H2,(H,19,20)/b14-8-. The number of carbonyl (C=O) groups excluding carboxylic acids is 1. The molecule has 8 heteroatoms. The predicted molar refractivity (Wildman–Crippen MR) is 97.0 cm³/mol. The summed E-state index contributed by atoms with van der Waals surface area (Å²) in [6.45, 7) is -0.133. The minimum atomic E-state index is -1.05. The van der Waals surface area contributed by atoms with E-state index in [1.54, 1.807) is 48.7 Å². The zero-order valence-corrected chi connectivity index (χ0v) is 14.5. The molecule has 1 N–H and O–H groups in total. The molecule has 128 valence electrons. The second kappa shape index (κ2) is 7.54. The summed E-state index contributed by atoms with van der Waals surface area (Å²) in [5, 5.41) is 8.66. The van der Waals surface area contributed by atoms with Crippen LogP contribution in [0.3, 0.4) is 0 Å². The van der Waals surface area contributed by atoms with E-state index in [4.69, 9.17) is 26.5 Å². The molecular weight excluding hydrogens is 362 g/mol. The van der Waals surface area contributed by atoms with Gasteiger partial charge >= 0.3 is 5.97 Å². The molecule has 3 rings (SSSR count). The van der Waals surface area contributed by atoms with Crippen molar-refractivity contribution in [2.75, 3.05) is 6.61 Å². The van der Waals surface area contributed by atoms with Crippen molar-refractivity contribution in [2.45, 2.75) is 6.54 Å². The number of hydrogen-bond donors (Lipinski definition) is 1. The molecule has 0 aliphatic carbocycles. The number of carboxylic acid groups (broad SMARTS) is 1. The zero-order valence-electron chi connectivity index (χ0n) is 12.9. The Labute approximate surface area is 153 Å². The second-order valence-electron chi connectivity index (χ2n) is 5.10. The molecule has 0 bridgehead atoms. The van der Waals surface area contributed by atoms with Gasteiger partial charge in [0, 0.05) is 0 Å². The van der Waals surface area contributed by atoms with Crippen LogP contribution in [0.1, 0.15) is 11.3 Å². The van der Waals surface area contributed by atoms with Crippen molar-refractivity contribution in [1.29, 1.82) is 0 Å². The summed E-state index contributed by atoms with van der Waals surface area (Å²) in [4.78, 5) is 25.1. The van der Waals surface area contributed by atoms with Crippen molar-refractivity contribution in [3.8, 4) is 5.75 Å². The lowest BCUT2D eigenvalue weighted by Gasteiger charge is -2.12. The maximum absolute atomic E-state index is 12.5. The Morgan fingerprint density at radius 2 is 2.20 bits per heavy atom. The molecular formula is C17H13NO5S2. The average molecular weight is 375 g/mol. The lowest BCUT2D eigenvalue weighted by atomic mass is 10.2. The third kappa shape index (κ3) is 4.28. The lowest BCUT2D eigenvalue weighted by molar-refractivity contribution is -0.139. The highest BCUT2D eigenvalue weighted by molar-refractivity contribution is 8.26. The fourth-order valence-electron chi connectivity index (χ4n) is 2.19. The van der Waals surface area contributed by atoms with Gasteiger partial charge in [-0.05, 0) is 35.9 Å². The van der Waals surface area contributed by atoms with E-state index in [1.807, 2.05) is 0 Å². The van der Waals surface area contributed by atoms with Gasteiger partial charge in [-0.1, -0.05) is 36.1 Å². The second-order valence-corrected chi connectivity index (χ2v) is 6.78. The van der Waals surface area contributed by atoms with Gasteiger partial charge in [0.1, 0.15) is 15.8 Å². The number of benzene rings is 1. The van der Waals surface area contributed by atoms with Gasteiger partial charge in [-0.15, -0.1) is 0 Å². The quantitative estimate of drug-likeness (QED) is 0.614. The number of carbonyl (C=O) groups is 2. The third-order valence-corrected chi connectivity index (χ3v) is 4.66. The third-order valence-electron chi connectivity index (χ3n) is 3.29. The predicted octanol–water partition coefficient (Wildman–Crippen LogP) is 3.14. The first-order chi connectivity index (χ1) is 12.0. The number of nitrogens with zero attached hydrogens (tertiary/aromatic N) is 1. The first-order valence-corrected chi connectivity index (χ1v) is 8.48. The number of thioether (sulfide) groups is 1. The summed E-state index contributed by atoms with van der Waals surface area (Å²) in [7, 11) is 0. The van der Waals surface area contributed by atoms with Crippen LogP contribution >= 0.6 is 24.0 Å². The van der Waals surface area contributed by atoms with Gasteiger partial charge in [0.25, 0.3) is 5.91 Å². The van der Waals surface area contributed by atoms with Crippen LogP contribution in [0.5, 0.6) is 5.75 Å². The van der Waals surface area contributed by atoms with Crippen LogP contribution in [0.4, 0.5) is 0 Å². The van der Waals surface area contributed by atoms with Crippen molar-refractivity contribution in [1.82, 2.24) is 4.90 Å². The number of carboxylic acids is 1.